The second kappa shape index (κ2) is 8.47. The Morgan fingerprint density at radius 1 is 1.50 bits per heavy atom. The standard InChI is InChI=1S/C14H27N3O2.ClH/c1-5-17-9-11(8-13(17)18)14(19)16(4)7-6-12(15)10(2)3;/h10-12H,5-9,15H2,1-4H3;1H. The summed E-state index contributed by atoms with van der Waals surface area (Å²) >= 11 is 0. The van der Waals surface area contributed by atoms with E-state index in [9.17, 15) is 9.59 Å². The van der Waals surface area contributed by atoms with Crippen LogP contribution in [0.3, 0.4) is 0 Å². The van der Waals surface area contributed by atoms with E-state index in [4.69, 9.17) is 5.73 Å². The van der Waals surface area contributed by atoms with Crippen LogP contribution in [-0.4, -0.2) is 54.3 Å². The van der Waals surface area contributed by atoms with Gasteiger partial charge in [0, 0.05) is 39.1 Å². The number of rotatable bonds is 6. The van der Waals surface area contributed by atoms with Crippen molar-refractivity contribution in [1.82, 2.24) is 9.80 Å². The van der Waals surface area contributed by atoms with E-state index in [1.807, 2.05) is 6.92 Å². The Morgan fingerprint density at radius 2 is 2.10 bits per heavy atom. The molecule has 0 aromatic heterocycles. The largest absolute Gasteiger partial charge is 0.345 e. The molecule has 1 aliphatic heterocycles. The van der Waals surface area contributed by atoms with Crippen molar-refractivity contribution in [3.05, 3.63) is 0 Å². The molecule has 2 unspecified atom stereocenters. The molecule has 0 saturated carbocycles. The SMILES string of the molecule is CCN1CC(C(=O)N(C)CCC(N)C(C)C)CC1=O.Cl. The highest BCUT2D eigenvalue weighted by Gasteiger charge is 2.34. The number of nitrogens with two attached hydrogens (primary N) is 1. The average Bonchev–Trinajstić information content (AvgIpc) is 2.75. The second-order valence-electron chi connectivity index (χ2n) is 5.79. The molecule has 2 N–H and O–H groups in total. The van der Waals surface area contributed by atoms with E-state index >= 15 is 0 Å². The molecule has 1 saturated heterocycles. The van der Waals surface area contributed by atoms with Crippen LogP contribution < -0.4 is 5.73 Å². The van der Waals surface area contributed by atoms with E-state index < -0.39 is 0 Å². The Hall–Kier alpha value is -0.810. The third-order valence-electron chi connectivity index (χ3n) is 3.98. The second-order valence-corrected chi connectivity index (χ2v) is 5.79. The molecule has 0 bridgehead atoms. The minimum absolute atomic E-state index is 0. The molecule has 0 spiro atoms. The highest BCUT2D eigenvalue weighted by Crippen LogP contribution is 2.19. The lowest BCUT2D eigenvalue weighted by Gasteiger charge is -2.24. The van der Waals surface area contributed by atoms with Crippen LogP contribution in [0.4, 0.5) is 0 Å². The van der Waals surface area contributed by atoms with E-state index in [0.717, 1.165) is 6.42 Å². The van der Waals surface area contributed by atoms with Gasteiger partial charge in [-0.05, 0) is 19.3 Å². The molecule has 0 aliphatic carbocycles. The zero-order valence-corrected chi connectivity index (χ0v) is 13.8. The topological polar surface area (TPSA) is 66.6 Å². The van der Waals surface area contributed by atoms with Gasteiger partial charge in [-0.2, -0.15) is 0 Å². The highest BCUT2D eigenvalue weighted by molar-refractivity contribution is 5.89. The van der Waals surface area contributed by atoms with Gasteiger partial charge in [0.15, 0.2) is 0 Å². The molecule has 1 rings (SSSR count). The molecule has 118 valence electrons. The Kier molecular flexibility index (Phi) is 8.13. The number of hydrogen-bond acceptors (Lipinski definition) is 3. The normalized spacial score (nSPS) is 20.0. The molecule has 2 atom stereocenters. The molecule has 20 heavy (non-hydrogen) atoms. The van der Waals surface area contributed by atoms with Crippen LogP contribution >= 0.6 is 12.4 Å². The maximum atomic E-state index is 12.2. The summed E-state index contributed by atoms with van der Waals surface area (Å²) in [5.41, 5.74) is 5.98. The molecule has 1 aliphatic rings. The molecule has 5 nitrogen and oxygen atoms in total. The van der Waals surface area contributed by atoms with Gasteiger partial charge in [-0.15, -0.1) is 12.4 Å². The first-order chi connectivity index (χ1) is 8.86. The van der Waals surface area contributed by atoms with Crippen LogP contribution in [0.2, 0.25) is 0 Å². The van der Waals surface area contributed by atoms with Crippen LogP contribution in [0.5, 0.6) is 0 Å². The van der Waals surface area contributed by atoms with Crippen LogP contribution in [0.15, 0.2) is 0 Å². The molecule has 2 amide bonds. The first kappa shape index (κ1) is 19.2. The monoisotopic (exact) mass is 305 g/mol. The summed E-state index contributed by atoms with van der Waals surface area (Å²) in [6.45, 7) is 8.02. The molecule has 1 fully saturated rings. The maximum absolute atomic E-state index is 12.2. The summed E-state index contributed by atoms with van der Waals surface area (Å²) in [4.78, 5) is 27.3. The van der Waals surface area contributed by atoms with Crippen molar-refractivity contribution < 1.29 is 9.59 Å². The first-order valence-electron chi connectivity index (χ1n) is 7.15. The Bertz CT molecular complexity index is 336. The molecule has 6 heteroatoms. The van der Waals surface area contributed by atoms with Gasteiger partial charge in [0.1, 0.15) is 0 Å². The number of halogens is 1. The smallest absolute Gasteiger partial charge is 0.227 e. The lowest BCUT2D eigenvalue weighted by Crippen LogP contribution is -2.38. The van der Waals surface area contributed by atoms with E-state index in [1.165, 1.54) is 0 Å². The van der Waals surface area contributed by atoms with Gasteiger partial charge in [-0.3, -0.25) is 9.59 Å². The van der Waals surface area contributed by atoms with Gasteiger partial charge < -0.3 is 15.5 Å². The molecule has 0 aromatic carbocycles. The number of amides is 2. The van der Waals surface area contributed by atoms with E-state index in [-0.39, 0.29) is 36.2 Å². The predicted molar refractivity (Wildman–Crippen MR) is 82.7 cm³/mol. The summed E-state index contributed by atoms with van der Waals surface area (Å²) in [6, 6.07) is 0.118. The number of carbonyl (C=O) groups is 2. The predicted octanol–water partition coefficient (Wildman–Crippen LogP) is 1.11. The average molecular weight is 306 g/mol. The fraction of sp³-hybridized carbons (Fsp3) is 0.857. The van der Waals surface area contributed by atoms with Gasteiger partial charge in [0.2, 0.25) is 11.8 Å². The Balaban J connectivity index is 0.00000361. The third kappa shape index (κ3) is 4.94. The summed E-state index contributed by atoms with van der Waals surface area (Å²) in [6.07, 6.45) is 1.16. The first-order valence-corrected chi connectivity index (χ1v) is 7.15. The molecule has 1 heterocycles. The van der Waals surface area contributed by atoms with Gasteiger partial charge in [-0.25, -0.2) is 0 Å². The van der Waals surface area contributed by atoms with Gasteiger partial charge in [0.05, 0.1) is 5.92 Å². The van der Waals surface area contributed by atoms with Crippen molar-refractivity contribution in [3.63, 3.8) is 0 Å². The summed E-state index contributed by atoms with van der Waals surface area (Å²) < 4.78 is 0. The zero-order valence-electron chi connectivity index (χ0n) is 13.0. The van der Waals surface area contributed by atoms with Gasteiger partial charge in [0.25, 0.3) is 0 Å². The highest BCUT2D eigenvalue weighted by atomic mass is 35.5. The van der Waals surface area contributed by atoms with Crippen molar-refractivity contribution in [2.24, 2.45) is 17.6 Å². The summed E-state index contributed by atoms with van der Waals surface area (Å²) in [7, 11) is 1.80. The number of likely N-dealkylation sites (tertiary alicyclic amines) is 1. The van der Waals surface area contributed by atoms with Crippen molar-refractivity contribution in [2.45, 2.75) is 39.7 Å². The molecule has 0 radical (unpaired) electrons. The molecular weight excluding hydrogens is 278 g/mol. The van der Waals surface area contributed by atoms with Crippen molar-refractivity contribution >= 4 is 24.2 Å². The fourth-order valence-electron chi connectivity index (χ4n) is 2.34. The Morgan fingerprint density at radius 3 is 2.55 bits per heavy atom. The van der Waals surface area contributed by atoms with E-state index in [2.05, 4.69) is 13.8 Å². The lowest BCUT2D eigenvalue weighted by atomic mass is 10.0. The van der Waals surface area contributed by atoms with Crippen LogP contribution in [0, 0.1) is 11.8 Å². The number of nitrogens with zero attached hydrogens (tertiary/aromatic N) is 2. The maximum Gasteiger partial charge on any atom is 0.227 e. The van der Waals surface area contributed by atoms with Gasteiger partial charge in [-0.1, -0.05) is 13.8 Å². The number of carbonyl (C=O) groups excluding carboxylic acids is 2. The van der Waals surface area contributed by atoms with Crippen molar-refractivity contribution in [1.29, 1.82) is 0 Å². The summed E-state index contributed by atoms with van der Waals surface area (Å²) in [5.74, 6) is 0.410. The number of hydrogen-bond donors (Lipinski definition) is 1. The van der Waals surface area contributed by atoms with Crippen molar-refractivity contribution in [2.75, 3.05) is 26.7 Å². The van der Waals surface area contributed by atoms with Crippen molar-refractivity contribution in [3.8, 4) is 0 Å². The lowest BCUT2D eigenvalue weighted by molar-refractivity contribution is -0.134. The molecular formula is C14H28ClN3O2. The van der Waals surface area contributed by atoms with Gasteiger partial charge >= 0.3 is 0 Å². The van der Waals surface area contributed by atoms with E-state index in [0.29, 0.717) is 32.0 Å². The minimum atomic E-state index is -0.173. The Labute approximate surface area is 128 Å². The summed E-state index contributed by atoms with van der Waals surface area (Å²) in [5, 5.41) is 0. The zero-order chi connectivity index (χ0) is 14.6. The minimum Gasteiger partial charge on any atom is -0.345 e. The molecule has 0 aromatic rings. The van der Waals surface area contributed by atoms with Crippen LogP contribution in [0.1, 0.15) is 33.6 Å². The van der Waals surface area contributed by atoms with Crippen LogP contribution in [0.25, 0.3) is 0 Å². The van der Waals surface area contributed by atoms with Crippen LogP contribution in [-0.2, 0) is 9.59 Å². The quantitative estimate of drug-likeness (QED) is 0.799. The fourth-order valence-corrected chi connectivity index (χ4v) is 2.34. The third-order valence-corrected chi connectivity index (χ3v) is 3.98. The van der Waals surface area contributed by atoms with E-state index in [1.54, 1.807) is 16.8 Å².